The molecule has 5 nitrogen and oxygen atoms in total. The Hall–Kier alpha value is -2.51. The Kier molecular flexibility index (Phi) is 7.55. The highest BCUT2D eigenvalue weighted by Crippen LogP contribution is 2.31. The van der Waals surface area contributed by atoms with Crippen LogP contribution in [0.4, 0.5) is 5.13 Å². The van der Waals surface area contributed by atoms with Crippen LogP contribution in [-0.2, 0) is 4.79 Å². The lowest BCUT2D eigenvalue weighted by atomic mass is 10.1. The number of thioether (sulfide) groups is 1. The van der Waals surface area contributed by atoms with Gasteiger partial charge in [-0.3, -0.25) is 4.79 Å². The number of carbonyl (C=O) groups excluding carboxylic acids is 1. The molecule has 7 heteroatoms. The van der Waals surface area contributed by atoms with E-state index in [1.54, 1.807) is 26.0 Å². The molecule has 29 heavy (non-hydrogen) atoms. The van der Waals surface area contributed by atoms with Gasteiger partial charge in [0, 0.05) is 21.8 Å². The van der Waals surface area contributed by atoms with Gasteiger partial charge in [0.05, 0.1) is 19.9 Å². The molecular weight excluding hydrogens is 404 g/mol. The number of aryl methyl sites for hydroxylation is 1. The maximum atomic E-state index is 12.3. The minimum Gasteiger partial charge on any atom is -0.497 e. The first-order valence-electron chi connectivity index (χ1n) is 9.27. The van der Waals surface area contributed by atoms with Gasteiger partial charge < -0.3 is 14.8 Å². The molecule has 1 N–H and O–H groups in total. The minimum atomic E-state index is -0.00429. The van der Waals surface area contributed by atoms with Gasteiger partial charge in [-0.2, -0.15) is 0 Å². The second kappa shape index (κ2) is 10.3. The van der Waals surface area contributed by atoms with Crippen LogP contribution in [0.1, 0.15) is 17.7 Å². The van der Waals surface area contributed by atoms with Gasteiger partial charge in [0.1, 0.15) is 11.5 Å². The maximum Gasteiger partial charge on any atom is 0.226 e. The number of benzene rings is 2. The smallest absolute Gasteiger partial charge is 0.226 e. The molecule has 2 aromatic carbocycles. The Labute approximate surface area is 179 Å². The normalized spacial score (nSPS) is 10.6. The number of anilines is 1. The third kappa shape index (κ3) is 5.98. The predicted octanol–water partition coefficient (Wildman–Crippen LogP) is 5.65. The summed E-state index contributed by atoms with van der Waals surface area (Å²) in [5, 5.41) is 3.57. The molecule has 3 rings (SSSR count). The SMILES string of the molecule is COc1ccc(SCCCC(=O)Nc2nc(-c3ccc(OC)cc3)c(C)s2)cc1. The van der Waals surface area contributed by atoms with Crippen LogP contribution < -0.4 is 14.8 Å². The summed E-state index contributed by atoms with van der Waals surface area (Å²) in [4.78, 5) is 19.1. The van der Waals surface area contributed by atoms with E-state index in [9.17, 15) is 4.79 Å². The lowest BCUT2D eigenvalue weighted by molar-refractivity contribution is -0.116. The molecule has 0 aliphatic rings. The fourth-order valence-electron chi connectivity index (χ4n) is 2.74. The highest BCUT2D eigenvalue weighted by Gasteiger charge is 2.12. The summed E-state index contributed by atoms with van der Waals surface area (Å²) in [5.74, 6) is 2.54. The molecular formula is C22H24N2O3S2. The summed E-state index contributed by atoms with van der Waals surface area (Å²) in [6.45, 7) is 2.01. The van der Waals surface area contributed by atoms with Crippen molar-refractivity contribution in [3.8, 4) is 22.8 Å². The van der Waals surface area contributed by atoms with E-state index in [1.165, 1.54) is 16.2 Å². The molecule has 0 aliphatic carbocycles. The third-order valence-electron chi connectivity index (χ3n) is 4.28. The van der Waals surface area contributed by atoms with Crippen molar-refractivity contribution >= 4 is 34.1 Å². The van der Waals surface area contributed by atoms with E-state index < -0.39 is 0 Å². The molecule has 0 saturated carbocycles. The molecule has 0 fully saturated rings. The van der Waals surface area contributed by atoms with Crippen LogP contribution in [0.15, 0.2) is 53.4 Å². The van der Waals surface area contributed by atoms with Crippen LogP contribution in [0.2, 0.25) is 0 Å². The van der Waals surface area contributed by atoms with E-state index in [2.05, 4.69) is 10.3 Å². The summed E-state index contributed by atoms with van der Waals surface area (Å²) in [7, 11) is 3.30. The van der Waals surface area contributed by atoms with E-state index in [0.717, 1.165) is 39.8 Å². The second-order valence-electron chi connectivity index (χ2n) is 6.33. The average Bonchev–Trinajstić information content (AvgIpc) is 3.11. The molecule has 1 amide bonds. The maximum absolute atomic E-state index is 12.3. The lowest BCUT2D eigenvalue weighted by Crippen LogP contribution is -2.11. The van der Waals surface area contributed by atoms with Crippen LogP contribution in [-0.4, -0.2) is 30.9 Å². The summed E-state index contributed by atoms with van der Waals surface area (Å²) < 4.78 is 10.4. The topological polar surface area (TPSA) is 60.5 Å². The van der Waals surface area contributed by atoms with Gasteiger partial charge in [-0.05, 0) is 67.6 Å². The van der Waals surface area contributed by atoms with E-state index in [0.29, 0.717) is 11.6 Å². The second-order valence-corrected chi connectivity index (χ2v) is 8.70. The fourth-order valence-corrected chi connectivity index (χ4v) is 4.45. The number of thiazole rings is 1. The predicted molar refractivity (Wildman–Crippen MR) is 120 cm³/mol. The molecule has 152 valence electrons. The number of amides is 1. The van der Waals surface area contributed by atoms with Gasteiger partial charge in [0.2, 0.25) is 5.91 Å². The first-order chi connectivity index (χ1) is 14.1. The number of rotatable bonds is 9. The minimum absolute atomic E-state index is 0.00429. The Balaban J connectivity index is 1.47. The molecule has 1 heterocycles. The zero-order valence-corrected chi connectivity index (χ0v) is 18.4. The van der Waals surface area contributed by atoms with Gasteiger partial charge in [0.15, 0.2) is 5.13 Å². The molecule has 0 unspecified atom stereocenters. The largest absolute Gasteiger partial charge is 0.497 e. The van der Waals surface area contributed by atoms with Crippen molar-refractivity contribution in [3.05, 3.63) is 53.4 Å². The van der Waals surface area contributed by atoms with Crippen molar-refractivity contribution < 1.29 is 14.3 Å². The number of methoxy groups -OCH3 is 2. The highest BCUT2D eigenvalue weighted by atomic mass is 32.2. The summed E-state index contributed by atoms with van der Waals surface area (Å²) >= 11 is 3.23. The third-order valence-corrected chi connectivity index (χ3v) is 6.27. The molecule has 0 bridgehead atoms. The van der Waals surface area contributed by atoms with Crippen molar-refractivity contribution in [2.45, 2.75) is 24.7 Å². The first-order valence-corrected chi connectivity index (χ1v) is 11.1. The van der Waals surface area contributed by atoms with E-state index >= 15 is 0 Å². The zero-order valence-electron chi connectivity index (χ0n) is 16.7. The molecule has 0 spiro atoms. The van der Waals surface area contributed by atoms with Crippen molar-refractivity contribution in [2.24, 2.45) is 0 Å². The van der Waals surface area contributed by atoms with Crippen molar-refractivity contribution in [1.82, 2.24) is 4.98 Å². The molecule has 1 aromatic heterocycles. The van der Waals surface area contributed by atoms with E-state index in [4.69, 9.17) is 9.47 Å². The number of nitrogens with zero attached hydrogens (tertiary/aromatic N) is 1. The van der Waals surface area contributed by atoms with Crippen LogP contribution in [0, 0.1) is 6.92 Å². The molecule has 0 aliphatic heterocycles. The first kappa shape index (κ1) is 21.2. The van der Waals surface area contributed by atoms with Crippen LogP contribution in [0.5, 0.6) is 11.5 Å². The van der Waals surface area contributed by atoms with E-state index in [1.807, 2.05) is 55.5 Å². The van der Waals surface area contributed by atoms with Gasteiger partial charge in [-0.1, -0.05) is 0 Å². The van der Waals surface area contributed by atoms with Crippen LogP contribution >= 0.6 is 23.1 Å². The number of aromatic nitrogens is 1. The van der Waals surface area contributed by atoms with Crippen molar-refractivity contribution in [2.75, 3.05) is 25.3 Å². The summed E-state index contributed by atoms with van der Waals surface area (Å²) in [6.07, 6.45) is 1.28. The number of ether oxygens (including phenoxy) is 2. The molecule has 0 saturated heterocycles. The number of nitrogens with one attached hydrogen (secondary N) is 1. The van der Waals surface area contributed by atoms with E-state index in [-0.39, 0.29) is 5.91 Å². The standard InChI is InChI=1S/C22H24N2O3S2/c1-15-21(16-6-8-17(26-2)9-7-16)24-22(29-15)23-20(25)5-4-14-28-19-12-10-18(27-3)11-13-19/h6-13H,4-5,14H2,1-3H3,(H,23,24,25). The quantitative estimate of drug-likeness (QED) is 0.353. The average molecular weight is 429 g/mol. The molecule has 3 aromatic rings. The van der Waals surface area contributed by atoms with Crippen molar-refractivity contribution in [3.63, 3.8) is 0 Å². The highest BCUT2D eigenvalue weighted by molar-refractivity contribution is 7.99. The molecule has 0 atom stereocenters. The van der Waals surface area contributed by atoms with Gasteiger partial charge in [0.25, 0.3) is 0 Å². The Morgan fingerprint density at radius 3 is 2.28 bits per heavy atom. The Morgan fingerprint density at radius 1 is 1.03 bits per heavy atom. The zero-order chi connectivity index (χ0) is 20.6. The van der Waals surface area contributed by atoms with Crippen molar-refractivity contribution in [1.29, 1.82) is 0 Å². The van der Waals surface area contributed by atoms with Crippen LogP contribution in [0.25, 0.3) is 11.3 Å². The number of carbonyl (C=O) groups is 1. The van der Waals surface area contributed by atoms with Gasteiger partial charge in [-0.15, -0.1) is 23.1 Å². The monoisotopic (exact) mass is 428 g/mol. The summed E-state index contributed by atoms with van der Waals surface area (Å²) in [5.41, 5.74) is 1.90. The van der Waals surface area contributed by atoms with Gasteiger partial charge in [-0.25, -0.2) is 4.98 Å². The fraction of sp³-hybridized carbons (Fsp3) is 0.273. The molecule has 0 radical (unpaired) electrons. The number of hydrogen-bond donors (Lipinski definition) is 1. The van der Waals surface area contributed by atoms with Gasteiger partial charge >= 0.3 is 0 Å². The Morgan fingerprint density at radius 2 is 1.66 bits per heavy atom. The summed E-state index contributed by atoms with van der Waals surface area (Å²) in [6, 6.07) is 15.7. The lowest BCUT2D eigenvalue weighted by Gasteiger charge is -2.04. The van der Waals surface area contributed by atoms with Crippen LogP contribution in [0.3, 0.4) is 0 Å². The number of hydrogen-bond acceptors (Lipinski definition) is 6. The Bertz CT molecular complexity index is 938.